The van der Waals surface area contributed by atoms with E-state index in [1.807, 2.05) is 0 Å². The Morgan fingerprint density at radius 2 is 1.59 bits per heavy atom. The van der Waals surface area contributed by atoms with Crippen molar-refractivity contribution >= 4 is 56.7 Å². The molecule has 0 aliphatic carbocycles. The third-order valence-corrected chi connectivity index (χ3v) is 4.48. The van der Waals surface area contributed by atoms with Crippen molar-refractivity contribution < 1.29 is 23.5 Å². The number of halogens is 3. The van der Waals surface area contributed by atoms with Crippen molar-refractivity contribution in [3.8, 4) is 0 Å². The highest BCUT2D eigenvalue weighted by Crippen LogP contribution is 2.25. The molecule has 0 aromatic heterocycles. The first kappa shape index (κ1) is 20.9. The molecular weight excluding hydrogens is 443 g/mol. The highest BCUT2D eigenvalue weighted by molar-refractivity contribution is 9.10. The maximum atomic E-state index is 12.8. The van der Waals surface area contributed by atoms with Gasteiger partial charge < -0.3 is 15.4 Å². The number of benzene rings is 2. The van der Waals surface area contributed by atoms with Gasteiger partial charge in [0.25, 0.3) is 5.91 Å². The van der Waals surface area contributed by atoms with Crippen LogP contribution in [0.4, 0.5) is 15.8 Å². The highest BCUT2D eigenvalue weighted by Gasteiger charge is 2.11. The summed E-state index contributed by atoms with van der Waals surface area (Å²) >= 11 is 9.16. The van der Waals surface area contributed by atoms with Crippen LogP contribution in [-0.2, 0) is 19.1 Å². The molecule has 142 valence electrons. The average Bonchev–Trinajstić information content (AvgIpc) is 2.63. The van der Waals surface area contributed by atoms with Crippen LogP contribution in [0.3, 0.4) is 0 Å². The first-order valence-electron chi connectivity index (χ1n) is 7.79. The number of rotatable bonds is 7. The average molecular weight is 458 g/mol. The quantitative estimate of drug-likeness (QED) is 0.612. The molecule has 0 atom stereocenters. The summed E-state index contributed by atoms with van der Waals surface area (Å²) in [5.41, 5.74) is 0.880. The van der Waals surface area contributed by atoms with E-state index in [4.69, 9.17) is 16.3 Å². The van der Waals surface area contributed by atoms with Crippen LogP contribution in [0.25, 0.3) is 0 Å². The lowest BCUT2D eigenvalue weighted by Gasteiger charge is -2.08. The summed E-state index contributed by atoms with van der Waals surface area (Å²) in [6.07, 6.45) is -0.315. The Balaban J connectivity index is 1.69. The molecular formula is C18H15BrClFN2O4. The third kappa shape index (κ3) is 7.36. The molecule has 0 saturated carbocycles. The van der Waals surface area contributed by atoms with Crippen LogP contribution in [0, 0.1) is 5.82 Å². The topological polar surface area (TPSA) is 84.5 Å². The number of nitrogens with one attached hydrogen (secondary N) is 2. The van der Waals surface area contributed by atoms with E-state index in [-0.39, 0.29) is 12.8 Å². The van der Waals surface area contributed by atoms with Gasteiger partial charge in [0, 0.05) is 22.3 Å². The van der Waals surface area contributed by atoms with Crippen molar-refractivity contribution in [3.63, 3.8) is 0 Å². The summed E-state index contributed by atoms with van der Waals surface area (Å²) in [5, 5.41) is 5.49. The van der Waals surface area contributed by atoms with E-state index in [1.165, 1.54) is 24.3 Å². The zero-order valence-corrected chi connectivity index (χ0v) is 16.3. The van der Waals surface area contributed by atoms with E-state index in [0.717, 1.165) is 0 Å². The summed E-state index contributed by atoms with van der Waals surface area (Å²) in [5.74, 6) is -2.06. The van der Waals surface area contributed by atoms with Gasteiger partial charge in [-0.3, -0.25) is 14.4 Å². The van der Waals surface area contributed by atoms with Crippen LogP contribution < -0.4 is 10.6 Å². The van der Waals surface area contributed by atoms with E-state index in [2.05, 4.69) is 26.6 Å². The predicted molar refractivity (Wildman–Crippen MR) is 103 cm³/mol. The van der Waals surface area contributed by atoms with E-state index >= 15 is 0 Å². The van der Waals surface area contributed by atoms with E-state index in [1.54, 1.807) is 18.2 Å². The molecule has 0 fully saturated rings. The van der Waals surface area contributed by atoms with E-state index in [0.29, 0.717) is 20.9 Å². The summed E-state index contributed by atoms with van der Waals surface area (Å²) in [7, 11) is 0. The van der Waals surface area contributed by atoms with Crippen molar-refractivity contribution in [2.75, 3.05) is 17.2 Å². The van der Waals surface area contributed by atoms with Gasteiger partial charge in [-0.2, -0.15) is 0 Å². The minimum Gasteiger partial charge on any atom is -0.456 e. The Bertz CT molecular complexity index is 846. The largest absolute Gasteiger partial charge is 0.456 e. The molecule has 0 radical (unpaired) electrons. The van der Waals surface area contributed by atoms with E-state index in [9.17, 15) is 18.8 Å². The van der Waals surface area contributed by atoms with Crippen LogP contribution in [0.15, 0.2) is 46.9 Å². The zero-order chi connectivity index (χ0) is 19.8. The second-order valence-electron chi connectivity index (χ2n) is 5.39. The molecule has 2 aromatic rings. The second kappa shape index (κ2) is 10.0. The van der Waals surface area contributed by atoms with Gasteiger partial charge in [0.05, 0.1) is 11.4 Å². The Morgan fingerprint density at radius 1 is 0.963 bits per heavy atom. The molecule has 9 heteroatoms. The molecule has 0 saturated heterocycles. The second-order valence-corrected chi connectivity index (χ2v) is 6.65. The SMILES string of the molecule is O=C(CCC(=O)OCC(=O)Nc1ccc(Br)c(Cl)c1)Nc1ccc(F)cc1. The monoisotopic (exact) mass is 456 g/mol. The molecule has 0 bridgehead atoms. The fraction of sp³-hybridized carbons (Fsp3) is 0.167. The summed E-state index contributed by atoms with van der Waals surface area (Å²) in [6, 6.07) is 10.1. The number of esters is 1. The number of carbonyl (C=O) groups excluding carboxylic acids is 3. The number of carbonyl (C=O) groups is 3. The number of hydrogen-bond donors (Lipinski definition) is 2. The minimum atomic E-state index is -0.687. The lowest BCUT2D eigenvalue weighted by molar-refractivity contribution is -0.147. The summed E-state index contributed by atoms with van der Waals surface area (Å²) in [4.78, 5) is 35.1. The Morgan fingerprint density at radius 3 is 2.26 bits per heavy atom. The molecule has 0 aliphatic rings. The van der Waals surface area contributed by atoms with Crippen LogP contribution in [0.1, 0.15) is 12.8 Å². The van der Waals surface area contributed by atoms with Crippen molar-refractivity contribution in [2.24, 2.45) is 0 Å². The molecule has 2 amide bonds. The Labute approximate surface area is 168 Å². The lowest BCUT2D eigenvalue weighted by Crippen LogP contribution is -2.21. The van der Waals surface area contributed by atoms with Crippen molar-refractivity contribution in [2.45, 2.75) is 12.8 Å². The molecule has 0 spiro atoms. The fourth-order valence-electron chi connectivity index (χ4n) is 1.96. The van der Waals surface area contributed by atoms with Crippen molar-refractivity contribution in [1.82, 2.24) is 0 Å². The number of amides is 2. The first-order chi connectivity index (χ1) is 12.8. The van der Waals surface area contributed by atoms with Crippen molar-refractivity contribution in [3.05, 3.63) is 57.8 Å². The smallest absolute Gasteiger partial charge is 0.306 e. The van der Waals surface area contributed by atoms with Gasteiger partial charge in [-0.1, -0.05) is 11.6 Å². The maximum Gasteiger partial charge on any atom is 0.306 e. The highest BCUT2D eigenvalue weighted by atomic mass is 79.9. The lowest BCUT2D eigenvalue weighted by atomic mass is 10.2. The zero-order valence-electron chi connectivity index (χ0n) is 13.9. The van der Waals surface area contributed by atoms with Crippen LogP contribution in [0.5, 0.6) is 0 Å². The molecule has 0 heterocycles. The molecule has 27 heavy (non-hydrogen) atoms. The van der Waals surface area contributed by atoms with E-state index < -0.39 is 30.2 Å². The minimum absolute atomic E-state index is 0.125. The molecule has 2 rings (SSSR count). The first-order valence-corrected chi connectivity index (χ1v) is 8.96. The van der Waals surface area contributed by atoms with Gasteiger partial charge in [0.1, 0.15) is 5.82 Å². The van der Waals surface area contributed by atoms with Gasteiger partial charge in [-0.25, -0.2) is 4.39 Å². The fourth-order valence-corrected chi connectivity index (χ4v) is 2.39. The van der Waals surface area contributed by atoms with Gasteiger partial charge in [-0.15, -0.1) is 0 Å². The molecule has 0 unspecified atom stereocenters. The molecule has 2 N–H and O–H groups in total. The third-order valence-electron chi connectivity index (χ3n) is 3.25. The van der Waals surface area contributed by atoms with Crippen molar-refractivity contribution in [1.29, 1.82) is 0 Å². The van der Waals surface area contributed by atoms with Gasteiger partial charge >= 0.3 is 5.97 Å². The van der Waals surface area contributed by atoms with Crippen LogP contribution in [-0.4, -0.2) is 24.4 Å². The number of ether oxygens (including phenoxy) is 1. The van der Waals surface area contributed by atoms with Crippen LogP contribution >= 0.6 is 27.5 Å². The number of anilines is 2. The van der Waals surface area contributed by atoms with Gasteiger partial charge in [0.15, 0.2) is 6.61 Å². The molecule has 6 nitrogen and oxygen atoms in total. The van der Waals surface area contributed by atoms with Gasteiger partial charge in [-0.05, 0) is 58.4 Å². The Hall–Kier alpha value is -2.45. The van der Waals surface area contributed by atoms with Gasteiger partial charge in [0.2, 0.25) is 5.91 Å². The molecule has 0 aliphatic heterocycles. The van der Waals surface area contributed by atoms with Crippen LogP contribution in [0.2, 0.25) is 5.02 Å². The summed E-state index contributed by atoms with van der Waals surface area (Å²) in [6.45, 7) is -0.480. The Kier molecular flexibility index (Phi) is 7.75. The maximum absolute atomic E-state index is 12.8. The molecule has 2 aromatic carbocycles. The normalized spacial score (nSPS) is 10.2. The predicted octanol–water partition coefficient (Wildman–Crippen LogP) is 4.14. The standard InChI is InChI=1S/C18H15BrClFN2O4/c19-14-6-5-13(9-15(14)20)23-17(25)10-27-18(26)8-7-16(24)22-12-3-1-11(21)2-4-12/h1-6,9H,7-8,10H2,(H,22,24)(H,23,25). The summed E-state index contributed by atoms with van der Waals surface area (Å²) < 4.78 is 18.3. The number of hydrogen-bond acceptors (Lipinski definition) is 4.